The predicted octanol–water partition coefficient (Wildman–Crippen LogP) is 4.30. The van der Waals surface area contributed by atoms with Crippen molar-refractivity contribution in [1.82, 2.24) is 10.6 Å². The number of carbonyl (C=O) groups is 2. The van der Waals surface area contributed by atoms with Crippen molar-refractivity contribution >= 4 is 40.2 Å². The minimum absolute atomic E-state index is 0.000377. The molecular weight excluding hydrogens is 586 g/mol. The fourth-order valence-corrected chi connectivity index (χ4v) is 6.76. The molecule has 0 fully saturated rings. The third-order valence-corrected chi connectivity index (χ3v) is 9.31. The van der Waals surface area contributed by atoms with Crippen molar-refractivity contribution in [2.75, 3.05) is 63.3 Å². The molecule has 0 aromatic heterocycles. The first kappa shape index (κ1) is 32.5. The van der Waals surface area contributed by atoms with Gasteiger partial charge in [-0.15, -0.1) is 0 Å². The summed E-state index contributed by atoms with van der Waals surface area (Å²) in [7, 11) is 4.12. The van der Waals surface area contributed by atoms with Crippen LogP contribution in [0.25, 0.3) is 0 Å². The number of anilines is 2. The molecule has 0 aliphatic carbocycles. The average molecular weight is 632 g/mol. The number of aromatic hydroxyl groups is 1. The second-order valence-electron chi connectivity index (χ2n) is 11.8. The number of fused-ring (bicyclic) bond motifs is 3. The average Bonchev–Trinajstić information content (AvgIpc) is 3.03. The largest absolute Gasteiger partial charge is 0.508 e. The van der Waals surface area contributed by atoms with Gasteiger partial charge in [0.2, 0.25) is 11.8 Å². The van der Waals surface area contributed by atoms with Gasteiger partial charge in [0, 0.05) is 80.5 Å². The molecule has 9 nitrogen and oxygen atoms in total. The van der Waals surface area contributed by atoms with E-state index < -0.39 is 0 Å². The van der Waals surface area contributed by atoms with Crippen LogP contribution in [0.1, 0.15) is 43.2 Å². The zero-order chi connectivity index (χ0) is 31.6. The first-order valence-corrected chi connectivity index (χ1v) is 16.8. The van der Waals surface area contributed by atoms with Crippen molar-refractivity contribution in [2.24, 2.45) is 4.99 Å². The molecule has 0 unspecified atom stereocenters. The number of hydrogen-bond donors (Lipinski definition) is 4. The number of thiol groups is 1. The number of ether oxygens (including phenoxy) is 1. The summed E-state index contributed by atoms with van der Waals surface area (Å²) in [5, 5.41) is 16.3. The molecule has 10 heteroatoms. The molecule has 0 radical (unpaired) electrons. The highest BCUT2D eigenvalue weighted by atomic mass is 32.1. The molecule has 0 saturated carbocycles. The van der Waals surface area contributed by atoms with Crippen LogP contribution >= 0.6 is 11.4 Å². The number of nitrogens with zero attached hydrogens (tertiary/aromatic N) is 3. The Balaban J connectivity index is 0.972. The SMILES string of the molecule is CN(C)c1ccc2c(c1)[SH]=c1cc3c(cc1=N2)CCCN3CCCC(=O)NCCOCCCC(=O)NCCc1ccc(O)cc1. The first-order valence-electron chi connectivity index (χ1n) is 15.9. The number of rotatable bonds is 15. The van der Waals surface area contributed by atoms with Crippen LogP contribution in [0.4, 0.5) is 17.1 Å². The molecule has 45 heavy (non-hydrogen) atoms. The molecule has 0 bridgehead atoms. The van der Waals surface area contributed by atoms with Crippen molar-refractivity contribution in [3.8, 4) is 5.75 Å². The third-order valence-electron chi connectivity index (χ3n) is 8.11. The molecule has 0 saturated heterocycles. The van der Waals surface area contributed by atoms with Crippen LogP contribution in [0.2, 0.25) is 0 Å². The lowest BCUT2D eigenvalue weighted by Crippen LogP contribution is -2.33. The number of aryl methyl sites for hydroxylation is 1. The monoisotopic (exact) mass is 631 g/mol. The van der Waals surface area contributed by atoms with Gasteiger partial charge in [-0.3, -0.25) is 9.59 Å². The first-order chi connectivity index (χ1) is 21.9. The highest BCUT2D eigenvalue weighted by Gasteiger charge is 2.19. The summed E-state index contributed by atoms with van der Waals surface area (Å²) in [4.78, 5) is 35.2. The summed E-state index contributed by atoms with van der Waals surface area (Å²) in [6, 6.07) is 18.1. The lowest BCUT2D eigenvalue weighted by Gasteiger charge is -2.31. The minimum atomic E-state index is 0.000377. The fraction of sp³-hybridized carbons (Fsp3) is 0.429. The van der Waals surface area contributed by atoms with E-state index in [0.717, 1.165) is 55.4 Å². The van der Waals surface area contributed by atoms with Gasteiger partial charge in [-0.05, 0) is 85.7 Å². The number of nitrogens with one attached hydrogen (secondary N) is 2. The lowest BCUT2D eigenvalue weighted by molar-refractivity contribution is -0.121. The van der Waals surface area contributed by atoms with Crippen LogP contribution < -0.4 is 25.8 Å². The summed E-state index contributed by atoms with van der Waals surface area (Å²) >= 11 is 1.19. The van der Waals surface area contributed by atoms with Gasteiger partial charge in [-0.25, -0.2) is 4.99 Å². The molecule has 0 atom stereocenters. The van der Waals surface area contributed by atoms with Crippen molar-refractivity contribution in [3.05, 3.63) is 75.6 Å². The van der Waals surface area contributed by atoms with Gasteiger partial charge in [0.25, 0.3) is 0 Å². The Hall–Kier alpha value is -3.89. The number of carbonyl (C=O) groups excluding carboxylic acids is 2. The van der Waals surface area contributed by atoms with E-state index in [4.69, 9.17) is 9.73 Å². The number of hydrogen-bond acceptors (Lipinski definition) is 7. The topological polar surface area (TPSA) is 107 Å². The molecule has 3 aromatic rings. The number of benzene rings is 3. The zero-order valence-electron chi connectivity index (χ0n) is 26.3. The lowest BCUT2D eigenvalue weighted by atomic mass is 10.0. The van der Waals surface area contributed by atoms with E-state index in [1.54, 1.807) is 12.1 Å². The van der Waals surface area contributed by atoms with E-state index in [2.05, 4.69) is 64.9 Å². The molecule has 2 aliphatic rings. The molecule has 240 valence electrons. The number of phenols is 1. The minimum Gasteiger partial charge on any atom is -0.508 e. The van der Waals surface area contributed by atoms with E-state index in [-0.39, 0.29) is 17.6 Å². The third kappa shape index (κ3) is 9.31. The van der Waals surface area contributed by atoms with Crippen molar-refractivity contribution < 1.29 is 19.4 Å². The Morgan fingerprint density at radius 1 is 0.978 bits per heavy atom. The highest BCUT2D eigenvalue weighted by Crippen LogP contribution is 2.34. The molecular formula is C35H45N5O4S. The highest BCUT2D eigenvalue weighted by molar-refractivity contribution is 7.91. The normalized spacial score (nSPS) is 13.2. The quantitative estimate of drug-likeness (QED) is 0.0886. The summed E-state index contributed by atoms with van der Waals surface area (Å²) in [5.41, 5.74) is 5.94. The van der Waals surface area contributed by atoms with Gasteiger partial charge < -0.3 is 30.3 Å². The second-order valence-corrected chi connectivity index (χ2v) is 13.0. The number of amides is 2. The fourth-order valence-electron chi connectivity index (χ4n) is 5.65. The van der Waals surface area contributed by atoms with E-state index in [1.807, 2.05) is 12.1 Å². The number of phenolic OH excluding ortho intramolecular Hbond substituents is 1. The molecule has 5 rings (SSSR count). The second kappa shape index (κ2) is 15.9. The maximum absolute atomic E-state index is 12.4. The van der Waals surface area contributed by atoms with E-state index in [1.165, 1.54) is 37.7 Å². The van der Waals surface area contributed by atoms with Gasteiger partial charge >= 0.3 is 0 Å². The van der Waals surface area contributed by atoms with Crippen LogP contribution in [0.3, 0.4) is 0 Å². The Bertz CT molecular complexity index is 1610. The van der Waals surface area contributed by atoms with Crippen molar-refractivity contribution in [3.63, 3.8) is 0 Å². The van der Waals surface area contributed by atoms with Crippen LogP contribution in [-0.2, 0) is 27.2 Å². The summed E-state index contributed by atoms with van der Waals surface area (Å²) in [5.74, 6) is 0.281. The van der Waals surface area contributed by atoms with Gasteiger partial charge in [-0.1, -0.05) is 12.1 Å². The molecule has 3 aromatic carbocycles. The Kier molecular flexibility index (Phi) is 11.5. The molecule has 2 amide bonds. The van der Waals surface area contributed by atoms with Gasteiger partial charge in [0.05, 0.1) is 17.7 Å². The molecule has 0 spiro atoms. The standard InChI is InChI=1S/C35H45N5O4S/c1-39(2)27-11-14-29-32(23-27)45-33-24-31-26(22-30(33)38-29)6-3-18-40(31)19-4-7-34(42)37-17-21-44-20-5-8-35(43)36-16-15-25-9-12-28(41)13-10-25/h9-14,22-24,41,45H,3-8,15-21H2,1-2H3,(H,36,43)(H,37,42). The molecule has 3 N–H and O–H groups in total. The van der Waals surface area contributed by atoms with Crippen molar-refractivity contribution in [1.29, 1.82) is 0 Å². The maximum Gasteiger partial charge on any atom is 0.220 e. The Morgan fingerprint density at radius 3 is 2.56 bits per heavy atom. The smallest absolute Gasteiger partial charge is 0.220 e. The Morgan fingerprint density at radius 2 is 1.76 bits per heavy atom. The Labute approximate surface area is 269 Å². The van der Waals surface area contributed by atoms with Gasteiger partial charge in [-0.2, -0.15) is 11.4 Å². The summed E-state index contributed by atoms with van der Waals surface area (Å²) < 4.78 is 6.85. The van der Waals surface area contributed by atoms with E-state index in [0.29, 0.717) is 45.6 Å². The van der Waals surface area contributed by atoms with E-state index >= 15 is 0 Å². The summed E-state index contributed by atoms with van der Waals surface area (Å²) in [6.07, 6.45) is 5.21. The van der Waals surface area contributed by atoms with Gasteiger partial charge in [0.1, 0.15) is 5.75 Å². The van der Waals surface area contributed by atoms with Crippen LogP contribution in [-0.4, -0.2) is 70.4 Å². The summed E-state index contributed by atoms with van der Waals surface area (Å²) in [6.45, 7) is 3.80. The molecule has 2 heterocycles. The van der Waals surface area contributed by atoms with Crippen molar-refractivity contribution in [2.45, 2.75) is 49.8 Å². The van der Waals surface area contributed by atoms with Gasteiger partial charge in [0.15, 0.2) is 0 Å². The maximum atomic E-state index is 12.4. The predicted molar refractivity (Wildman–Crippen MR) is 182 cm³/mol. The van der Waals surface area contributed by atoms with E-state index in [9.17, 15) is 14.7 Å². The zero-order valence-corrected chi connectivity index (χ0v) is 27.2. The van der Waals surface area contributed by atoms with Crippen LogP contribution in [0, 0.1) is 4.51 Å². The molecule has 2 aliphatic heterocycles. The van der Waals surface area contributed by atoms with Crippen LogP contribution in [0.15, 0.2) is 64.5 Å². The van der Waals surface area contributed by atoms with Crippen LogP contribution in [0.5, 0.6) is 5.75 Å².